The van der Waals surface area contributed by atoms with E-state index in [9.17, 15) is 19.8 Å². The summed E-state index contributed by atoms with van der Waals surface area (Å²) in [6.45, 7) is 4.86. The molecule has 0 aromatic heterocycles. The molecule has 0 aromatic carbocycles. The molecule has 6 nitrogen and oxygen atoms in total. The first-order valence-electron chi connectivity index (χ1n) is 26.5. The molecule has 1 amide bonds. The summed E-state index contributed by atoms with van der Waals surface area (Å²) in [6.07, 6.45) is 56.4. The number of hydrogen-bond acceptors (Lipinski definition) is 5. The summed E-state index contributed by atoms with van der Waals surface area (Å²) in [5.41, 5.74) is 0. The summed E-state index contributed by atoms with van der Waals surface area (Å²) in [6, 6.07) is -0.643. The first kappa shape index (κ1) is 57.6. The molecule has 2 atom stereocenters. The van der Waals surface area contributed by atoms with Gasteiger partial charge in [-0.2, -0.15) is 0 Å². The van der Waals surface area contributed by atoms with Crippen LogP contribution in [0.25, 0.3) is 0 Å². The van der Waals surface area contributed by atoms with Gasteiger partial charge in [0, 0.05) is 12.8 Å². The molecule has 0 radical (unpaired) electrons. The molecule has 0 bridgehead atoms. The molecule has 350 valence electrons. The molecule has 0 fully saturated rings. The van der Waals surface area contributed by atoms with Crippen LogP contribution in [0.15, 0.2) is 12.2 Å². The van der Waals surface area contributed by atoms with Gasteiger partial charge in [0.25, 0.3) is 0 Å². The summed E-state index contributed by atoms with van der Waals surface area (Å²) >= 11 is 0. The van der Waals surface area contributed by atoms with E-state index in [1.54, 1.807) is 6.08 Å². The Hall–Kier alpha value is -1.40. The van der Waals surface area contributed by atoms with Crippen LogP contribution in [-0.2, 0) is 14.3 Å². The maximum absolute atomic E-state index is 12.4. The van der Waals surface area contributed by atoms with Crippen molar-refractivity contribution in [3.63, 3.8) is 0 Å². The minimum Gasteiger partial charge on any atom is -0.466 e. The Balaban J connectivity index is 3.51. The van der Waals surface area contributed by atoms with Crippen LogP contribution in [0.1, 0.15) is 290 Å². The summed E-state index contributed by atoms with van der Waals surface area (Å²) < 4.78 is 5.44. The first-order valence-corrected chi connectivity index (χ1v) is 26.5. The Bertz CT molecular complexity index is 878. The lowest BCUT2D eigenvalue weighted by Crippen LogP contribution is -2.45. The Labute approximate surface area is 368 Å². The van der Waals surface area contributed by atoms with Crippen molar-refractivity contribution in [1.82, 2.24) is 5.32 Å². The molecule has 0 rings (SSSR count). The standard InChI is InChI=1S/C53H103NO5/c1-3-5-7-9-11-13-15-17-18-19-20-21-22-23-24-25-29-33-37-41-45-51(56)50(49-55)54-52(57)46-42-38-34-30-27-28-32-36-40-44-48-59-53(58)47-43-39-35-31-26-16-14-12-10-8-6-4-2/h41,45,50-51,55-56H,3-40,42-44,46-49H2,1-2H3,(H,54,57)/b45-41+. The topological polar surface area (TPSA) is 95.9 Å². The quantitative estimate of drug-likeness (QED) is 0.0322. The lowest BCUT2D eigenvalue weighted by atomic mass is 10.0. The molecule has 0 spiro atoms. The zero-order chi connectivity index (χ0) is 43.0. The van der Waals surface area contributed by atoms with Crippen LogP contribution >= 0.6 is 0 Å². The van der Waals surface area contributed by atoms with Crippen LogP contribution in [0.3, 0.4) is 0 Å². The molecule has 0 saturated heterocycles. The summed E-state index contributed by atoms with van der Waals surface area (Å²) in [4.78, 5) is 24.4. The van der Waals surface area contributed by atoms with Gasteiger partial charge in [0.15, 0.2) is 0 Å². The monoisotopic (exact) mass is 834 g/mol. The number of aliphatic hydroxyl groups is 2. The zero-order valence-corrected chi connectivity index (χ0v) is 39.7. The maximum Gasteiger partial charge on any atom is 0.305 e. The van der Waals surface area contributed by atoms with E-state index in [0.717, 1.165) is 57.8 Å². The van der Waals surface area contributed by atoms with Gasteiger partial charge in [-0.25, -0.2) is 0 Å². The van der Waals surface area contributed by atoms with Crippen LogP contribution < -0.4 is 5.32 Å². The third-order valence-electron chi connectivity index (χ3n) is 12.3. The SMILES string of the molecule is CCCCCCCCCCCCCCCCCCCC/C=C/C(O)C(CO)NC(=O)CCCCCCCCCCCCOC(=O)CCCCCCCCCCCCCC. The number of aliphatic hydroxyl groups excluding tert-OH is 2. The Morgan fingerprint density at radius 1 is 0.458 bits per heavy atom. The number of amides is 1. The zero-order valence-electron chi connectivity index (χ0n) is 39.7. The highest BCUT2D eigenvalue weighted by molar-refractivity contribution is 5.76. The lowest BCUT2D eigenvalue weighted by molar-refractivity contribution is -0.143. The molecular weight excluding hydrogens is 731 g/mol. The molecule has 2 unspecified atom stereocenters. The molecule has 0 aliphatic heterocycles. The van der Waals surface area contributed by atoms with Gasteiger partial charge in [0.2, 0.25) is 5.91 Å². The van der Waals surface area contributed by atoms with Gasteiger partial charge < -0.3 is 20.3 Å². The van der Waals surface area contributed by atoms with Crippen molar-refractivity contribution in [3.05, 3.63) is 12.2 Å². The second-order valence-electron chi connectivity index (χ2n) is 18.2. The summed E-state index contributed by atoms with van der Waals surface area (Å²) in [7, 11) is 0. The Kier molecular flexibility index (Phi) is 48.1. The van der Waals surface area contributed by atoms with E-state index in [0.29, 0.717) is 19.4 Å². The van der Waals surface area contributed by atoms with Gasteiger partial charge in [-0.3, -0.25) is 9.59 Å². The summed E-state index contributed by atoms with van der Waals surface area (Å²) in [5, 5.41) is 23.1. The van der Waals surface area contributed by atoms with Crippen molar-refractivity contribution in [1.29, 1.82) is 0 Å². The van der Waals surface area contributed by atoms with Gasteiger partial charge in [0.05, 0.1) is 25.4 Å². The number of hydrogen-bond donors (Lipinski definition) is 3. The molecule has 59 heavy (non-hydrogen) atoms. The van der Waals surface area contributed by atoms with Crippen molar-refractivity contribution in [2.75, 3.05) is 13.2 Å². The fourth-order valence-electron chi connectivity index (χ4n) is 8.22. The number of allylic oxidation sites excluding steroid dienone is 1. The van der Waals surface area contributed by atoms with Crippen LogP contribution in [0.2, 0.25) is 0 Å². The minimum absolute atomic E-state index is 0.0196. The van der Waals surface area contributed by atoms with Gasteiger partial charge >= 0.3 is 5.97 Å². The lowest BCUT2D eigenvalue weighted by Gasteiger charge is -2.20. The highest BCUT2D eigenvalue weighted by atomic mass is 16.5. The number of unbranched alkanes of at least 4 members (excludes halogenated alkanes) is 38. The first-order chi connectivity index (χ1) is 29.0. The van der Waals surface area contributed by atoms with Gasteiger partial charge in [-0.15, -0.1) is 0 Å². The summed E-state index contributed by atoms with van der Waals surface area (Å²) in [5.74, 6) is -0.108. The average Bonchev–Trinajstić information content (AvgIpc) is 3.24. The molecule has 0 aliphatic rings. The van der Waals surface area contributed by atoms with Crippen molar-refractivity contribution in [3.8, 4) is 0 Å². The predicted molar refractivity (Wildman–Crippen MR) is 255 cm³/mol. The van der Waals surface area contributed by atoms with Crippen LogP contribution in [0.5, 0.6) is 0 Å². The van der Waals surface area contributed by atoms with E-state index in [-0.39, 0.29) is 18.5 Å². The number of esters is 1. The van der Waals surface area contributed by atoms with Crippen molar-refractivity contribution in [2.45, 2.75) is 302 Å². The Morgan fingerprint density at radius 2 is 0.780 bits per heavy atom. The molecule has 0 heterocycles. The molecule has 3 N–H and O–H groups in total. The van der Waals surface area contributed by atoms with E-state index in [2.05, 4.69) is 19.2 Å². The number of carbonyl (C=O) groups is 2. The van der Waals surface area contributed by atoms with Gasteiger partial charge in [0.1, 0.15) is 0 Å². The highest BCUT2D eigenvalue weighted by Gasteiger charge is 2.18. The molecule has 6 heteroatoms. The molecule has 0 saturated carbocycles. The third kappa shape index (κ3) is 45.9. The number of carbonyl (C=O) groups excluding carboxylic acids is 2. The maximum atomic E-state index is 12.4. The van der Waals surface area contributed by atoms with E-state index >= 15 is 0 Å². The smallest absolute Gasteiger partial charge is 0.305 e. The van der Waals surface area contributed by atoms with Crippen LogP contribution in [0.4, 0.5) is 0 Å². The average molecular weight is 834 g/mol. The van der Waals surface area contributed by atoms with Crippen LogP contribution in [0, 0.1) is 0 Å². The number of nitrogens with one attached hydrogen (secondary N) is 1. The predicted octanol–water partition coefficient (Wildman–Crippen LogP) is 15.7. The Morgan fingerprint density at radius 3 is 1.15 bits per heavy atom. The largest absolute Gasteiger partial charge is 0.466 e. The molecule has 0 aliphatic carbocycles. The third-order valence-corrected chi connectivity index (χ3v) is 12.3. The molecule has 0 aromatic rings. The van der Waals surface area contributed by atoms with E-state index in [1.807, 2.05) is 6.08 Å². The van der Waals surface area contributed by atoms with Crippen molar-refractivity contribution >= 4 is 11.9 Å². The van der Waals surface area contributed by atoms with E-state index < -0.39 is 12.1 Å². The number of rotatable bonds is 49. The van der Waals surface area contributed by atoms with Gasteiger partial charge in [-0.05, 0) is 32.1 Å². The fraction of sp³-hybridized carbons (Fsp3) is 0.925. The normalized spacial score (nSPS) is 12.7. The van der Waals surface area contributed by atoms with Crippen molar-refractivity contribution < 1.29 is 24.5 Å². The second kappa shape index (κ2) is 49.3. The highest BCUT2D eigenvalue weighted by Crippen LogP contribution is 2.17. The van der Waals surface area contributed by atoms with Crippen LogP contribution in [-0.4, -0.2) is 47.4 Å². The van der Waals surface area contributed by atoms with E-state index in [4.69, 9.17) is 4.74 Å². The fourth-order valence-corrected chi connectivity index (χ4v) is 8.22. The van der Waals surface area contributed by atoms with E-state index in [1.165, 1.54) is 205 Å². The number of ether oxygens (including phenoxy) is 1. The van der Waals surface area contributed by atoms with Crippen molar-refractivity contribution in [2.24, 2.45) is 0 Å². The molecular formula is C53H103NO5. The second-order valence-corrected chi connectivity index (χ2v) is 18.2. The minimum atomic E-state index is -0.858. The van der Waals surface area contributed by atoms with Gasteiger partial charge in [-0.1, -0.05) is 257 Å².